The molecule has 3 heterocycles. The molecule has 0 saturated carbocycles. The van der Waals surface area contributed by atoms with Crippen LogP contribution >= 0.6 is 0 Å². The molecule has 1 aliphatic heterocycles. The van der Waals surface area contributed by atoms with Crippen LogP contribution in [0.15, 0.2) is 60.8 Å². The third kappa shape index (κ3) is 4.64. The fourth-order valence-electron chi connectivity index (χ4n) is 5.67. The molecule has 4 aromatic rings. The lowest BCUT2D eigenvalue weighted by Crippen LogP contribution is -2.36. The van der Waals surface area contributed by atoms with E-state index in [9.17, 15) is 9.59 Å². The highest BCUT2D eigenvalue weighted by Crippen LogP contribution is 2.34. The Balaban J connectivity index is 1.23. The minimum absolute atomic E-state index is 0.000726. The lowest BCUT2D eigenvalue weighted by molar-refractivity contribution is 0.0879. The second kappa shape index (κ2) is 9.86. The number of imide groups is 1. The Morgan fingerprint density at radius 1 is 1.05 bits per heavy atom. The smallest absolute Gasteiger partial charge is 0.259 e. The number of pyridine rings is 1. The van der Waals surface area contributed by atoms with Crippen LogP contribution in [0.3, 0.4) is 0 Å². The van der Waals surface area contributed by atoms with Crippen LogP contribution in [-0.4, -0.2) is 44.4 Å². The van der Waals surface area contributed by atoms with Crippen LogP contribution in [0.1, 0.15) is 68.7 Å². The average Bonchev–Trinajstić information content (AvgIpc) is 3.46. The first-order valence-electron chi connectivity index (χ1n) is 12.8. The zero-order valence-electron chi connectivity index (χ0n) is 20.4. The van der Waals surface area contributed by atoms with Gasteiger partial charge in [-0.2, -0.15) is 0 Å². The van der Waals surface area contributed by atoms with Crippen molar-refractivity contribution in [2.45, 2.75) is 50.9 Å². The van der Waals surface area contributed by atoms with Crippen molar-refractivity contribution in [2.75, 3.05) is 6.54 Å². The summed E-state index contributed by atoms with van der Waals surface area (Å²) >= 11 is 0. The van der Waals surface area contributed by atoms with Gasteiger partial charge >= 0.3 is 0 Å². The number of halogens is 1. The second-order valence-corrected chi connectivity index (χ2v) is 9.84. The molecular weight excluding hydrogens is 469 g/mol. The number of rotatable bonds is 8. The molecule has 0 saturated heterocycles. The Morgan fingerprint density at radius 2 is 1.95 bits per heavy atom. The fraction of sp³-hybridized carbons (Fsp3) is 0.310. The van der Waals surface area contributed by atoms with Crippen LogP contribution in [0, 0.1) is 0 Å². The number of carbonyl (C=O) groups excluding carboxylic acids is 2. The van der Waals surface area contributed by atoms with E-state index in [0.29, 0.717) is 29.7 Å². The lowest BCUT2D eigenvalue weighted by Gasteiger charge is -2.35. The number of carbonyl (C=O) groups is 2. The Labute approximate surface area is 214 Å². The number of nitrogens with zero attached hydrogens (tertiary/aromatic N) is 3. The molecule has 0 fully saturated rings. The van der Waals surface area contributed by atoms with Crippen LogP contribution in [-0.2, 0) is 19.4 Å². The van der Waals surface area contributed by atoms with E-state index in [-0.39, 0.29) is 24.9 Å². The molecule has 2 aromatic carbocycles. The van der Waals surface area contributed by atoms with Gasteiger partial charge in [0, 0.05) is 12.7 Å². The van der Waals surface area contributed by atoms with Crippen molar-refractivity contribution < 1.29 is 14.0 Å². The van der Waals surface area contributed by atoms with E-state index in [4.69, 9.17) is 9.97 Å². The van der Waals surface area contributed by atoms with Crippen molar-refractivity contribution >= 4 is 22.8 Å². The van der Waals surface area contributed by atoms with Crippen LogP contribution in [0.2, 0.25) is 0 Å². The first-order chi connectivity index (χ1) is 18.1. The van der Waals surface area contributed by atoms with Gasteiger partial charge in [0.25, 0.3) is 11.8 Å². The van der Waals surface area contributed by atoms with E-state index in [1.54, 1.807) is 18.2 Å². The zero-order chi connectivity index (χ0) is 25.4. The zero-order valence-corrected chi connectivity index (χ0v) is 20.4. The molecule has 0 radical (unpaired) electrons. The van der Waals surface area contributed by atoms with Crippen molar-refractivity contribution in [1.82, 2.24) is 25.2 Å². The van der Waals surface area contributed by atoms with Crippen molar-refractivity contribution in [3.05, 3.63) is 94.6 Å². The van der Waals surface area contributed by atoms with Crippen LogP contribution in [0.25, 0.3) is 11.0 Å². The normalized spacial score (nSPS) is 17.6. The predicted molar refractivity (Wildman–Crippen MR) is 138 cm³/mol. The standard InChI is InChI=1S/C29H28FN5O2/c30-20(14-13-18-6-3-9-21-26(18)29(37)34-28(21)36)16-35(17-25-32-22-10-1-2-11-23(22)33-25)24-12-4-7-19-8-5-15-31-27(19)24/h1-3,5-6,8-11,15,20,24H,4,7,12-14,16-17H2,(H,32,33)(H,34,36,37). The second-order valence-electron chi connectivity index (χ2n) is 9.84. The van der Waals surface area contributed by atoms with Gasteiger partial charge in [-0.05, 0) is 67.5 Å². The molecule has 6 rings (SSSR count). The summed E-state index contributed by atoms with van der Waals surface area (Å²) in [5, 5.41) is 2.34. The summed E-state index contributed by atoms with van der Waals surface area (Å²) in [7, 11) is 0. The number of aryl methyl sites for hydroxylation is 2. The maximum Gasteiger partial charge on any atom is 0.259 e. The van der Waals surface area contributed by atoms with E-state index in [0.717, 1.165) is 41.8 Å². The van der Waals surface area contributed by atoms with E-state index in [2.05, 4.69) is 21.3 Å². The first-order valence-corrected chi connectivity index (χ1v) is 12.8. The number of amides is 2. The summed E-state index contributed by atoms with van der Waals surface area (Å²) in [4.78, 5) is 39.2. The third-order valence-corrected chi connectivity index (χ3v) is 7.41. The van der Waals surface area contributed by atoms with Gasteiger partial charge in [0.1, 0.15) is 12.0 Å². The third-order valence-electron chi connectivity index (χ3n) is 7.41. The van der Waals surface area contributed by atoms with E-state index in [1.807, 2.05) is 36.5 Å². The van der Waals surface area contributed by atoms with Crippen molar-refractivity contribution in [3.63, 3.8) is 0 Å². The molecule has 2 N–H and O–H groups in total. The van der Waals surface area contributed by atoms with Crippen LogP contribution < -0.4 is 5.32 Å². The number of alkyl halides is 1. The number of hydrogen-bond acceptors (Lipinski definition) is 5. The van der Waals surface area contributed by atoms with Gasteiger partial charge in [0.2, 0.25) is 0 Å². The van der Waals surface area contributed by atoms with Gasteiger partial charge in [-0.15, -0.1) is 0 Å². The summed E-state index contributed by atoms with van der Waals surface area (Å²) in [5.74, 6) is 0.00838. The average molecular weight is 498 g/mol. The van der Waals surface area contributed by atoms with Crippen molar-refractivity contribution in [3.8, 4) is 0 Å². The minimum Gasteiger partial charge on any atom is -0.341 e. The largest absolute Gasteiger partial charge is 0.341 e. The highest BCUT2D eigenvalue weighted by molar-refractivity contribution is 6.22. The minimum atomic E-state index is -1.13. The molecule has 2 unspecified atom stereocenters. The molecule has 2 atom stereocenters. The Kier molecular flexibility index (Phi) is 6.26. The molecule has 0 bridgehead atoms. The number of hydrogen-bond donors (Lipinski definition) is 2. The number of aromatic nitrogens is 3. The monoisotopic (exact) mass is 497 g/mol. The molecule has 188 valence electrons. The molecule has 0 spiro atoms. The van der Waals surface area contributed by atoms with E-state index in [1.165, 1.54) is 5.56 Å². The molecule has 2 amide bonds. The topological polar surface area (TPSA) is 91.0 Å². The number of benzene rings is 2. The number of nitrogens with one attached hydrogen (secondary N) is 2. The number of imidazole rings is 1. The first kappa shape index (κ1) is 23.5. The van der Waals surface area contributed by atoms with E-state index < -0.39 is 12.1 Å². The maximum absolute atomic E-state index is 15.6. The van der Waals surface area contributed by atoms with E-state index >= 15 is 4.39 Å². The number of H-pyrrole nitrogens is 1. The number of fused-ring (bicyclic) bond motifs is 3. The summed E-state index contributed by atoms with van der Waals surface area (Å²) in [6.45, 7) is 0.700. The fourth-order valence-corrected chi connectivity index (χ4v) is 5.67. The van der Waals surface area contributed by atoms with Gasteiger partial charge in [-0.1, -0.05) is 30.3 Å². The highest BCUT2D eigenvalue weighted by atomic mass is 19.1. The quantitative estimate of drug-likeness (QED) is 0.345. The van der Waals surface area contributed by atoms with Crippen LogP contribution in [0.5, 0.6) is 0 Å². The predicted octanol–water partition coefficient (Wildman–Crippen LogP) is 4.69. The van der Waals surface area contributed by atoms with Crippen LogP contribution in [0.4, 0.5) is 4.39 Å². The van der Waals surface area contributed by atoms with Gasteiger partial charge < -0.3 is 4.98 Å². The summed E-state index contributed by atoms with van der Waals surface area (Å²) < 4.78 is 15.6. The molecule has 2 aromatic heterocycles. The number of aromatic amines is 1. The molecule has 1 aliphatic carbocycles. The molecule has 8 heteroatoms. The Bertz CT molecular complexity index is 1450. The molecule has 2 aliphatic rings. The maximum atomic E-state index is 15.6. The molecule has 37 heavy (non-hydrogen) atoms. The summed E-state index contributed by atoms with van der Waals surface area (Å²) in [6, 6.07) is 17.1. The Morgan fingerprint density at radius 3 is 2.84 bits per heavy atom. The summed E-state index contributed by atoms with van der Waals surface area (Å²) in [6.07, 6.45) is 4.22. The van der Waals surface area contributed by atoms with Crippen molar-refractivity contribution in [1.29, 1.82) is 0 Å². The van der Waals surface area contributed by atoms with Gasteiger partial charge in [-0.25, -0.2) is 9.37 Å². The van der Waals surface area contributed by atoms with Gasteiger partial charge in [-0.3, -0.25) is 24.8 Å². The summed E-state index contributed by atoms with van der Waals surface area (Å²) in [5.41, 5.74) is 5.55. The van der Waals surface area contributed by atoms with Crippen molar-refractivity contribution in [2.24, 2.45) is 0 Å². The van der Waals surface area contributed by atoms with Gasteiger partial charge in [0.15, 0.2) is 0 Å². The Hall–Kier alpha value is -3.91. The number of para-hydroxylation sites is 2. The molecule has 7 nitrogen and oxygen atoms in total. The highest BCUT2D eigenvalue weighted by Gasteiger charge is 2.31. The van der Waals surface area contributed by atoms with Gasteiger partial charge in [0.05, 0.1) is 40.4 Å². The SMILES string of the molecule is O=C1NC(=O)c2c(CCC(F)CN(Cc3nc4ccccc4[nH]3)C3CCCc4cccnc43)cccc21. The lowest BCUT2D eigenvalue weighted by atomic mass is 9.90. The molecular formula is C29H28FN5O2.